The van der Waals surface area contributed by atoms with Crippen LogP contribution in [-0.2, 0) is 6.42 Å². The van der Waals surface area contributed by atoms with Crippen molar-refractivity contribution in [2.24, 2.45) is 0 Å². The summed E-state index contributed by atoms with van der Waals surface area (Å²) in [5, 5.41) is 1.75. The van der Waals surface area contributed by atoms with Gasteiger partial charge < -0.3 is 0 Å². The molecule has 5 heteroatoms. The molecule has 0 amide bonds. The Labute approximate surface area is 115 Å². The Morgan fingerprint density at radius 2 is 1.82 bits per heavy atom. The SMILES string of the molecule is O=C(Cc1cc(F)cc(F)c1)c1csc(I)c1. The zero-order valence-corrected chi connectivity index (χ0v) is 11.5. The predicted molar refractivity (Wildman–Crippen MR) is 71.4 cm³/mol. The molecule has 88 valence electrons. The fraction of sp³-hybridized carbons (Fsp3) is 0.0833. The van der Waals surface area contributed by atoms with Crippen LogP contribution in [0.2, 0.25) is 0 Å². The van der Waals surface area contributed by atoms with Crippen molar-refractivity contribution in [2.75, 3.05) is 0 Å². The first kappa shape index (κ1) is 12.6. The lowest BCUT2D eigenvalue weighted by atomic mass is 10.1. The van der Waals surface area contributed by atoms with Gasteiger partial charge in [0.05, 0.1) is 2.88 Å². The summed E-state index contributed by atoms with van der Waals surface area (Å²) in [6, 6.07) is 4.92. The molecule has 2 rings (SSSR count). The maximum Gasteiger partial charge on any atom is 0.168 e. The third-order valence-corrected chi connectivity index (χ3v) is 3.97. The third kappa shape index (κ3) is 3.32. The molecular weight excluding hydrogens is 357 g/mol. The fourth-order valence-corrected chi connectivity index (χ4v) is 2.81. The minimum absolute atomic E-state index is 0.0154. The van der Waals surface area contributed by atoms with Crippen LogP contribution in [-0.4, -0.2) is 5.78 Å². The largest absolute Gasteiger partial charge is 0.294 e. The van der Waals surface area contributed by atoms with Crippen molar-refractivity contribution >= 4 is 39.7 Å². The topological polar surface area (TPSA) is 17.1 Å². The summed E-state index contributed by atoms with van der Waals surface area (Å²) in [6.45, 7) is 0. The van der Waals surface area contributed by atoms with E-state index in [9.17, 15) is 13.6 Å². The number of hydrogen-bond acceptors (Lipinski definition) is 2. The zero-order chi connectivity index (χ0) is 12.4. The molecule has 0 aliphatic carbocycles. The third-order valence-electron chi connectivity index (χ3n) is 2.18. The van der Waals surface area contributed by atoms with E-state index in [-0.39, 0.29) is 12.2 Å². The quantitative estimate of drug-likeness (QED) is 0.593. The monoisotopic (exact) mass is 364 g/mol. The van der Waals surface area contributed by atoms with E-state index in [2.05, 4.69) is 22.6 Å². The maximum atomic E-state index is 12.9. The number of thiophene rings is 1. The van der Waals surface area contributed by atoms with Gasteiger partial charge in [-0.1, -0.05) is 0 Å². The number of Topliss-reactive ketones (excluding diaryl/α,β-unsaturated/α-hetero) is 1. The van der Waals surface area contributed by atoms with Gasteiger partial charge in [-0.15, -0.1) is 11.3 Å². The molecule has 17 heavy (non-hydrogen) atoms. The molecule has 0 spiro atoms. The summed E-state index contributed by atoms with van der Waals surface area (Å²) in [7, 11) is 0. The minimum Gasteiger partial charge on any atom is -0.294 e. The summed E-state index contributed by atoms with van der Waals surface area (Å²) < 4.78 is 26.9. The number of carbonyl (C=O) groups is 1. The first-order chi connectivity index (χ1) is 8.04. The molecule has 0 radical (unpaired) electrons. The van der Waals surface area contributed by atoms with Crippen molar-refractivity contribution < 1.29 is 13.6 Å². The van der Waals surface area contributed by atoms with Crippen LogP contribution in [0.1, 0.15) is 15.9 Å². The van der Waals surface area contributed by atoms with E-state index in [1.807, 2.05) is 0 Å². The highest BCUT2D eigenvalue weighted by atomic mass is 127. The normalized spacial score (nSPS) is 10.5. The van der Waals surface area contributed by atoms with Gasteiger partial charge in [0.25, 0.3) is 0 Å². The number of hydrogen-bond donors (Lipinski definition) is 0. The number of ketones is 1. The number of halogens is 3. The molecule has 0 fully saturated rings. The molecule has 1 heterocycles. The van der Waals surface area contributed by atoms with Crippen molar-refractivity contribution in [2.45, 2.75) is 6.42 Å². The van der Waals surface area contributed by atoms with Crippen LogP contribution in [0.3, 0.4) is 0 Å². The predicted octanol–water partition coefficient (Wildman–Crippen LogP) is 4.06. The molecule has 0 aliphatic rings. The highest BCUT2D eigenvalue weighted by Crippen LogP contribution is 2.19. The smallest absolute Gasteiger partial charge is 0.168 e. The molecule has 0 bridgehead atoms. The van der Waals surface area contributed by atoms with E-state index in [1.54, 1.807) is 11.4 Å². The summed E-state index contributed by atoms with van der Waals surface area (Å²) in [5.41, 5.74) is 0.942. The second-order valence-corrected chi connectivity index (χ2v) is 6.32. The van der Waals surface area contributed by atoms with E-state index in [0.29, 0.717) is 11.1 Å². The van der Waals surface area contributed by atoms with Gasteiger partial charge >= 0.3 is 0 Å². The van der Waals surface area contributed by atoms with Crippen LogP contribution in [0.25, 0.3) is 0 Å². The molecule has 0 atom stereocenters. The van der Waals surface area contributed by atoms with Crippen LogP contribution < -0.4 is 0 Å². The van der Waals surface area contributed by atoms with Gasteiger partial charge in [0.1, 0.15) is 11.6 Å². The molecule has 0 N–H and O–H groups in total. The standard InChI is InChI=1S/C12H7F2IOS/c13-9-1-7(2-10(14)5-9)3-11(16)8-4-12(15)17-6-8/h1-2,4-6H,3H2. The van der Waals surface area contributed by atoms with Crippen molar-refractivity contribution in [3.63, 3.8) is 0 Å². The fourth-order valence-electron chi connectivity index (χ4n) is 1.46. The Hall–Kier alpha value is -0.820. The number of benzene rings is 1. The van der Waals surface area contributed by atoms with Gasteiger partial charge in [-0.2, -0.15) is 0 Å². The molecule has 0 saturated carbocycles. The zero-order valence-electron chi connectivity index (χ0n) is 8.54. The molecule has 0 aliphatic heterocycles. The van der Waals surface area contributed by atoms with Gasteiger partial charge in [-0.25, -0.2) is 8.78 Å². The minimum atomic E-state index is -0.660. The summed E-state index contributed by atoms with van der Waals surface area (Å²) >= 11 is 3.59. The Morgan fingerprint density at radius 1 is 1.18 bits per heavy atom. The molecular formula is C12H7F2IOS. The van der Waals surface area contributed by atoms with Crippen molar-refractivity contribution in [1.82, 2.24) is 0 Å². The van der Waals surface area contributed by atoms with Crippen molar-refractivity contribution in [1.29, 1.82) is 0 Å². The van der Waals surface area contributed by atoms with E-state index in [0.717, 1.165) is 8.95 Å². The number of carbonyl (C=O) groups excluding carboxylic acids is 1. The molecule has 0 unspecified atom stereocenters. The second-order valence-electron chi connectivity index (χ2n) is 3.52. The molecule has 0 saturated heterocycles. The lowest BCUT2D eigenvalue weighted by molar-refractivity contribution is 0.0993. The van der Waals surface area contributed by atoms with Gasteiger partial charge in [0.2, 0.25) is 0 Å². The molecule has 1 aromatic heterocycles. The lowest BCUT2D eigenvalue weighted by Crippen LogP contribution is -2.02. The average Bonchev–Trinajstić information content (AvgIpc) is 2.63. The Balaban J connectivity index is 2.18. The van der Waals surface area contributed by atoms with Gasteiger partial charge in [0.15, 0.2) is 5.78 Å². The highest BCUT2D eigenvalue weighted by molar-refractivity contribution is 14.1. The number of rotatable bonds is 3. The van der Waals surface area contributed by atoms with E-state index < -0.39 is 11.6 Å². The van der Waals surface area contributed by atoms with Crippen LogP contribution in [0.15, 0.2) is 29.6 Å². The van der Waals surface area contributed by atoms with Gasteiger partial charge in [-0.05, 0) is 46.4 Å². The lowest BCUT2D eigenvalue weighted by Gasteiger charge is -2.00. The maximum absolute atomic E-state index is 12.9. The summed E-state index contributed by atoms with van der Waals surface area (Å²) in [4.78, 5) is 11.8. The van der Waals surface area contributed by atoms with Crippen LogP contribution in [0.5, 0.6) is 0 Å². The highest BCUT2D eigenvalue weighted by Gasteiger charge is 2.10. The second kappa shape index (κ2) is 5.22. The molecule has 1 nitrogen and oxygen atoms in total. The van der Waals surface area contributed by atoms with Crippen LogP contribution in [0, 0.1) is 14.5 Å². The Kier molecular flexibility index (Phi) is 3.88. The Morgan fingerprint density at radius 3 is 2.35 bits per heavy atom. The molecule has 2 aromatic rings. The van der Waals surface area contributed by atoms with Gasteiger partial charge in [-0.3, -0.25) is 4.79 Å². The van der Waals surface area contributed by atoms with Crippen LogP contribution >= 0.6 is 33.9 Å². The first-order valence-corrected chi connectivity index (χ1v) is 6.72. The van der Waals surface area contributed by atoms with Gasteiger partial charge in [0, 0.05) is 23.4 Å². The summed E-state index contributed by atoms with van der Waals surface area (Å²) in [5.74, 6) is -1.45. The summed E-state index contributed by atoms with van der Waals surface area (Å²) in [6.07, 6.45) is 0.0154. The van der Waals surface area contributed by atoms with Crippen molar-refractivity contribution in [3.8, 4) is 0 Å². The average molecular weight is 364 g/mol. The first-order valence-electron chi connectivity index (χ1n) is 4.77. The van der Waals surface area contributed by atoms with E-state index >= 15 is 0 Å². The van der Waals surface area contributed by atoms with E-state index in [1.165, 1.54) is 23.5 Å². The van der Waals surface area contributed by atoms with Crippen LogP contribution in [0.4, 0.5) is 8.78 Å². The molecule has 1 aromatic carbocycles. The Bertz CT molecular complexity index is 545. The van der Waals surface area contributed by atoms with E-state index in [4.69, 9.17) is 0 Å². The van der Waals surface area contributed by atoms with Crippen molar-refractivity contribution in [3.05, 3.63) is 55.3 Å².